The Morgan fingerprint density at radius 1 is 0.929 bits per heavy atom. The van der Waals surface area contributed by atoms with Crippen LogP contribution in [0.2, 0.25) is 15.1 Å². The smallest absolute Gasteiger partial charge is 0.253 e. The highest BCUT2D eigenvalue weighted by atomic mass is 35.5. The second kappa shape index (κ2) is 9.43. The van der Waals surface area contributed by atoms with Crippen molar-refractivity contribution in [3.8, 4) is 0 Å². The monoisotopic (exact) mass is 452 g/mol. The fraction of sp³-hybridized carbons (Fsp3) is 0.100. The summed E-state index contributed by atoms with van der Waals surface area (Å²) in [5.41, 5.74) is 2.10. The number of rotatable bonds is 6. The molecule has 2 amide bonds. The van der Waals surface area contributed by atoms with Crippen molar-refractivity contribution >= 4 is 58.0 Å². The van der Waals surface area contributed by atoms with Gasteiger partial charge in [-0.25, -0.2) is 0 Å². The maximum atomic E-state index is 12.5. The Morgan fingerprint density at radius 3 is 2.29 bits per heavy atom. The highest BCUT2D eigenvalue weighted by molar-refractivity contribution is 7.08. The van der Waals surface area contributed by atoms with Crippen LogP contribution in [0.5, 0.6) is 0 Å². The fourth-order valence-electron chi connectivity index (χ4n) is 2.60. The normalized spacial score (nSPS) is 11.7. The third-order valence-electron chi connectivity index (χ3n) is 3.97. The van der Waals surface area contributed by atoms with E-state index >= 15 is 0 Å². The lowest BCUT2D eigenvalue weighted by Crippen LogP contribution is -2.39. The first-order valence-electron chi connectivity index (χ1n) is 8.24. The van der Waals surface area contributed by atoms with Crippen molar-refractivity contribution in [1.29, 1.82) is 0 Å². The Labute approximate surface area is 181 Å². The van der Waals surface area contributed by atoms with Gasteiger partial charge in [-0.05, 0) is 58.3 Å². The van der Waals surface area contributed by atoms with E-state index in [1.165, 1.54) is 23.5 Å². The van der Waals surface area contributed by atoms with E-state index < -0.39 is 5.91 Å². The summed E-state index contributed by atoms with van der Waals surface area (Å²) in [7, 11) is 0. The molecule has 0 saturated heterocycles. The summed E-state index contributed by atoms with van der Waals surface area (Å²) in [6.45, 7) is -0.188. The van der Waals surface area contributed by atoms with E-state index in [4.69, 9.17) is 34.8 Å². The number of hydrogen-bond acceptors (Lipinski definition) is 3. The van der Waals surface area contributed by atoms with Crippen LogP contribution >= 0.6 is 46.1 Å². The van der Waals surface area contributed by atoms with Gasteiger partial charge >= 0.3 is 0 Å². The number of amides is 2. The van der Waals surface area contributed by atoms with Crippen molar-refractivity contribution in [3.63, 3.8) is 0 Å². The third-order valence-corrected chi connectivity index (χ3v) is 5.47. The minimum atomic E-state index is -0.449. The number of thiophene rings is 1. The average molecular weight is 454 g/mol. The summed E-state index contributed by atoms with van der Waals surface area (Å²) in [5.74, 6) is -0.778. The van der Waals surface area contributed by atoms with Crippen LogP contribution in [0.4, 0.5) is 0 Å². The van der Waals surface area contributed by atoms with Gasteiger partial charge < -0.3 is 10.6 Å². The first-order chi connectivity index (χ1) is 13.4. The number of halogens is 3. The van der Waals surface area contributed by atoms with Gasteiger partial charge in [0.1, 0.15) is 0 Å². The van der Waals surface area contributed by atoms with Crippen LogP contribution in [0.15, 0.2) is 59.3 Å². The Morgan fingerprint density at radius 2 is 1.64 bits per heavy atom. The number of nitrogens with one attached hydrogen (secondary N) is 2. The second-order valence-corrected chi connectivity index (χ2v) is 7.98. The molecule has 0 aliphatic rings. The molecule has 28 heavy (non-hydrogen) atoms. The van der Waals surface area contributed by atoms with Crippen molar-refractivity contribution in [3.05, 3.63) is 91.0 Å². The molecule has 0 spiro atoms. The molecule has 0 fully saturated rings. The molecule has 1 unspecified atom stereocenters. The molecule has 2 aromatic carbocycles. The van der Waals surface area contributed by atoms with Gasteiger partial charge in [-0.15, -0.1) is 0 Å². The third kappa shape index (κ3) is 5.26. The van der Waals surface area contributed by atoms with Crippen LogP contribution < -0.4 is 10.6 Å². The van der Waals surface area contributed by atoms with E-state index in [0.717, 1.165) is 11.1 Å². The van der Waals surface area contributed by atoms with Gasteiger partial charge in [0, 0.05) is 10.0 Å². The van der Waals surface area contributed by atoms with Crippen molar-refractivity contribution in [1.82, 2.24) is 10.6 Å². The van der Waals surface area contributed by atoms with Crippen molar-refractivity contribution < 1.29 is 9.59 Å². The Balaban J connectivity index is 1.67. The number of hydrogen-bond donors (Lipinski definition) is 2. The molecule has 0 saturated carbocycles. The van der Waals surface area contributed by atoms with Gasteiger partial charge in [-0.3, -0.25) is 9.59 Å². The first kappa shape index (κ1) is 20.7. The predicted octanol–water partition coefficient (Wildman–Crippen LogP) is 5.34. The van der Waals surface area contributed by atoms with Crippen LogP contribution in [0.3, 0.4) is 0 Å². The van der Waals surface area contributed by atoms with Gasteiger partial charge in [0.25, 0.3) is 5.91 Å². The molecule has 0 aliphatic carbocycles. The van der Waals surface area contributed by atoms with E-state index in [-0.39, 0.29) is 29.1 Å². The summed E-state index contributed by atoms with van der Waals surface area (Å²) >= 11 is 19.4. The summed E-state index contributed by atoms with van der Waals surface area (Å²) in [6, 6.07) is 13.4. The Bertz CT molecular complexity index is 976. The van der Waals surface area contributed by atoms with Gasteiger partial charge in [0.05, 0.1) is 23.2 Å². The topological polar surface area (TPSA) is 58.2 Å². The molecule has 0 radical (unpaired) electrons. The van der Waals surface area contributed by atoms with E-state index in [9.17, 15) is 9.59 Å². The van der Waals surface area contributed by atoms with Crippen molar-refractivity contribution in [2.75, 3.05) is 6.54 Å². The van der Waals surface area contributed by atoms with Gasteiger partial charge in [0.2, 0.25) is 5.91 Å². The van der Waals surface area contributed by atoms with E-state index in [0.29, 0.717) is 10.0 Å². The van der Waals surface area contributed by atoms with E-state index in [2.05, 4.69) is 10.6 Å². The molecule has 3 aromatic rings. The summed E-state index contributed by atoms with van der Waals surface area (Å²) < 4.78 is 0. The van der Waals surface area contributed by atoms with E-state index in [1.54, 1.807) is 18.2 Å². The van der Waals surface area contributed by atoms with Gasteiger partial charge in [0.15, 0.2) is 0 Å². The molecule has 1 aromatic heterocycles. The largest absolute Gasteiger partial charge is 0.344 e. The van der Waals surface area contributed by atoms with Gasteiger partial charge in [-0.1, -0.05) is 46.9 Å². The van der Waals surface area contributed by atoms with Crippen molar-refractivity contribution in [2.45, 2.75) is 6.04 Å². The molecule has 1 heterocycles. The van der Waals surface area contributed by atoms with Gasteiger partial charge in [-0.2, -0.15) is 11.3 Å². The van der Waals surface area contributed by atoms with E-state index in [1.807, 2.05) is 29.0 Å². The first-order valence-corrected chi connectivity index (χ1v) is 10.3. The fourth-order valence-corrected chi connectivity index (χ4v) is 3.90. The SMILES string of the molecule is O=C(CNC(=O)c1ccc(Cl)cc1Cl)NC(c1ccc(Cl)cc1)c1ccsc1. The summed E-state index contributed by atoms with van der Waals surface area (Å²) in [5, 5.41) is 10.7. The minimum absolute atomic E-state index is 0.188. The van der Waals surface area contributed by atoms with Crippen LogP contribution in [0, 0.1) is 0 Å². The zero-order valence-electron chi connectivity index (χ0n) is 14.4. The average Bonchev–Trinajstić information content (AvgIpc) is 3.19. The summed E-state index contributed by atoms with van der Waals surface area (Å²) in [6.07, 6.45) is 0. The number of carbonyl (C=O) groups is 2. The Hall–Kier alpha value is -2.05. The molecular weight excluding hydrogens is 439 g/mol. The second-order valence-electron chi connectivity index (χ2n) is 5.92. The highest BCUT2D eigenvalue weighted by Crippen LogP contribution is 2.25. The quantitative estimate of drug-likeness (QED) is 0.529. The standard InChI is InChI=1S/C20H15Cl3N2O2S/c21-14-3-1-12(2-4-14)19(13-7-8-28-11-13)25-18(26)10-24-20(27)16-6-5-15(22)9-17(16)23/h1-9,11,19H,10H2,(H,24,27)(H,25,26). The molecule has 1 atom stereocenters. The lowest BCUT2D eigenvalue weighted by molar-refractivity contribution is -0.120. The molecule has 4 nitrogen and oxygen atoms in total. The van der Waals surface area contributed by atoms with Crippen LogP contribution in [0.1, 0.15) is 27.5 Å². The lowest BCUT2D eigenvalue weighted by atomic mass is 10.0. The molecule has 0 bridgehead atoms. The molecular formula is C20H15Cl3N2O2S. The molecule has 3 rings (SSSR count). The maximum absolute atomic E-state index is 12.5. The molecule has 144 valence electrons. The summed E-state index contributed by atoms with van der Waals surface area (Å²) in [4.78, 5) is 24.7. The minimum Gasteiger partial charge on any atom is -0.344 e. The molecule has 0 aliphatic heterocycles. The van der Waals surface area contributed by atoms with Crippen LogP contribution in [0.25, 0.3) is 0 Å². The zero-order chi connectivity index (χ0) is 20.1. The maximum Gasteiger partial charge on any atom is 0.253 e. The highest BCUT2D eigenvalue weighted by Gasteiger charge is 2.18. The van der Waals surface area contributed by atoms with Crippen LogP contribution in [-0.4, -0.2) is 18.4 Å². The number of benzene rings is 2. The van der Waals surface area contributed by atoms with Crippen molar-refractivity contribution in [2.24, 2.45) is 0 Å². The molecule has 2 N–H and O–H groups in total. The molecule has 8 heteroatoms. The zero-order valence-corrected chi connectivity index (χ0v) is 17.5. The lowest BCUT2D eigenvalue weighted by Gasteiger charge is -2.19. The number of carbonyl (C=O) groups excluding carboxylic acids is 2. The predicted molar refractivity (Wildman–Crippen MR) is 115 cm³/mol. The Kier molecular flexibility index (Phi) is 6.97. The van der Waals surface area contributed by atoms with Crippen LogP contribution in [-0.2, 0) is 4.79 Å².